The molecule has 2 atom stereocenters. The number of unbranched alkanes of at least 4 members (excludes halogenated alkanes) is 1. The Hall–Kier alpha value is -5.24. The zero-order valence-corrected chi connectivity index (χ0v) is 24.0. The lowest BCUT2D eigenvalue weighted by Gasteiger charge is -2.26. The minimum Gasteiger partial charge on any atom is -0.480 e. The summed E-state index contributed by atoms with van der Waals surface area (Å²) in [6.45, 7) is -0.881. The number of alkyl carbamates (subject to hydrolysis) is 1. The van der Waals surface area contributed by atoms with Crippen LogP contribution in [-0.2, 0) is 43.5 Å². The van der Waals surface area contributed by atoms with Crippen LogP contribution in [0, 0.1) is 0 Å². The molecule has 0 aliphatic carbocycles. The van der Waals surface area contributed by atoms with Crippen LogP contribution in [0.4, 0.5) is 9.59 Å². The minimum absolute atomic E-state index is 0.0278. The second-order valence-corrected chi connectivity index (χ2v) is 9.74. The van der Waals surface area contributed by atoms with Gasteiger partial charge in [-0.05, 0) is 36.9 Å². The Kier molecular flexibility index (Phi) is 13.3. The number of H-pyrrole nitrogens is 1. The highest BCUT2D eigenvalue weighted by Gasteiger charge is 2.35. The Balaban J connectivity index is 1.76. The number of amides is 4. The number of imidazole rings is 1. The van der Waals surface area contributed by atoms with Crippen molar-refractivity contribution in [1.29, 1.82) is 0 Å². The van der Waals surface area contributed by atoms with E-state index in [0.29, 0.717) is 35.5 Å². The van der Waals surface area contributed by atoms with E-state index in [-0.39, 0.29) is 26.1 Å². The van der Waals surface area contributed by atoms with Gasteiger partial charge in [0.2, 0.25) is 5.91 Å². The highest BCUT2D eigenvalue weighted by atomic mass is 16.6. The molecule has 14 heteroatoms. The number of carbonyl (C=O) groups excluding carboxylic acids is 4. The third-order valence-electron chi connectivity index (χ3n) is 6.35. The second kappa shape index (κ2) is 17.7. The molecule has 0 aliphatic heterocycles. The normalized spacial score (nSPS) is 11.9. The standard InChI is InChI=1S/C30H36N6O8/c31-14-8-7-13-24(35-29(41)43-18-21-9-3-1-4-10-21)27(39)34-25(15-23-16-32-20-33-23)28(40)36(17-26(37)38)30(42)44-19-22-11-5-2-6-12-22/h1-6,9-12,16,20,24-25H,7-8,13-15,17-19,31H2,(H,32,33)(H,34,39)(H,35,41)(H,37,38)/t24-,25-/m0/s1. The largest absolute Gasteiger partial charge is 0.480 e. The highest BCUT2D eigenvalue weighted by Crippen LogP contribution is 2.10. The molecule has 0 spiro atoms. The van der Waals surface area contributed by atoms with E-state index in [1.54, 1.807) is 54.6 Å². The zero-order valence-electron chi connectivity index (χ0n) is 24.0. The van der Waals surface area contributed by atoms with Gasteiger partial charge in [-0.2, -0.15) is 0 Å². The van der Waals surface area contributed by atoms with E-state index in [9.17, 15) is 29.1 Å². The predicted molar refractivity (Wildman–Crippen MR) is 157 cm³/mol. The number of benzene rings is 2. The van der Waals surface area contributed by atoms with E-state index < -0.39 is 48.6 Å². The topological polar surface area (TPSA) is 206 Å². The molecule has 3 rings (SSSR count). The van der Waals surface area contributed by atoms with E-state index in [4.69, 9.17) is 15.2 Å². The predicted octanol–water partition coefficient (Wildman–Crippen LogP) is 2.11. The summed E-state index contributed by atoms with van der Waals surface area (Å²) in [4.78, 5) is 71.4. The summed E-state index contributed by atoms with van der Waals surface area (Å²) >= 11 is 0. The molecule has 4 amide bonds. The van der Waals surface area contributed by atoms with Crippen LogP contribution < -0.4 is 16.4 Å². The Bertz CT molecular complexity index is 1350. The van der Waals surface area contributed by atoms with E-state index in [2.05, 4.69) is 20.6 Å². The van der Waals surface area contributed by atoms with E-state index in [1.807, 2.05) is 6.07 Å². The number of aliphatic carboxylic acids is 1. The Morgan fingerprint density at radius 3 is 2.09 bits per heavy atom. The first-order chi connectivity index (χ1) is 21.3. The molecular weight excluding hydrogens is 572 g/mol. The summed E-state index contributed by atoms with van der Waals surface area (Å²) < 4.78 is 10.5. The van der Waals surface area contributed by atoms with Gasteiger partial charge in [0.25, 0.3) is 5.91 Å². The van der Waals surface area contributed by atoms with Gasteiger partial charge in [0, 0.05) is 18.3 Å². The zero-order chi connectivity index (χ0) is 31.7. The van der Waals surface area contributed by atoms with Gasteiger partial charge in [-0.15, -0.1) is 0 Å². The van der Waals surface area contributed by atoms with Crippen molar-refractivity contribution in [3.8, 4) is 0 Å². The van der Waals surface area contributed by atoms with Crippen LogP contribution in [-0.4, -0.2) is 75.1 Å². The maximum Gasteiger partial charge on any atom is 0.417 e. The van der Waals surface area contributed by atoms with Gasteiger partial charge in [0.1, 0.15) is 31.8 Å². The fraction of sp³-hybridized carbons (Fsp3) is 0.333. The van der Waals surface area contributed by atoms with Crippen molar-refractivity contribution in [1.82, 2.24) is 25.5 Å². The maximum absolute atomic E-state index is 13.6. The van der Waals surface area contributed by atoms with Crippen molar-refractivity contribution in [2.75, 3.05) is 13.1 Å². The van der Waals surface area contributed by atoms with E-state index >= 15 is 0 Å². The molecule has 0 radical (unpaired) electrons. The number of carboxylic acids is 1. The summed E-state index contributed by atoms with van der Waals surface area (Å²) in [6.07, 6.45) is 1.78. The SMILES string of the molecule is NCCCC[C@H](NC(=O)OCc1ccccc1)C(=O)N[C@@H](Cc1cnc[nH]1)C(=O)N(CC(=O)O)C(=O)OCc1ccccc1. The number of aromatic amines is 1. The quantitative estimate of drug-likeness (QED) is 0.150. The average Bonchev–Trinajstić information content (AvgIpc) is 3.54. The maximum atomic E-state index is 13.6. The molecule has 1 aromatic heterocycles. The van der Waals surface area contributed by atoms with E-state index in [0.717, 1.165) is 5.56 Å². The van der Waals surface area contributed by atoms with Crippen molar-refractivity contribution >= 4 is 30.0 Å². The van der Waals surface area contributed by atoms with Gasteiger partial charge in [0.15, 0.2) is 0 Å². The molecule has 44 heavy (non-hydrogen) atoms. The average molecular weight is 609 g/mol. The van der Waals surface area contributed by atoms with Crippen LogP contribution in [0.25, 0.3) is 0 Å². The van der Waals surface area contributed by atoms with Crippen molar-refractivity contribution in [3.05, 3.63) is 90.0 Å². The van der Waals surface area contributed by atoms with Gasteiger partial charge < -0.3 is 35.9 Å². The van der Waals surface area contributed by atoms with Gasteiger partial charge in [-0.3, -0.25) is 14.4 Å². The van der Waals surface area contributed by atoms with E-state index in [1.165, 1.54) is 12.5 Å². The first-order valence-corrected chi connectivity index (χ1v) is 14.0. The molecule has 0 unspecified atom stereocenters. The third kappa shape index (κ3) is 11.2. The Labute approximate surface area is 253 Å². The number of nitrogens with zero attached hydrogens (tertiary/aromatic N) is 2. The highest BCUT2D eigenvalue weighted by molar-refractivity contribution is 6.00. The fourth-order valence-electron chi connectivity index (χ4n) is 4.11. The number of hydrogen-bond acceptors (Lipinski definition) is 9. The molecule has 3 aromatic rings. The molecule has 0 bridgehead atoms. The molecule has 0 saturated carbocycles. The third-order valence-corrected chi connectivity index (χ3v) is 6.35. The second-order valence-electron chi connectivity index (χ2n) is 9.74. The van der Waals surface area contributed by atoms with Crippen molar-refractivity contribution in [3.63, 3.8) is 0 Å². The minimum atomic E-state index is -1.47. The van der Waals surface area contributed by atoms with Crippen LogP contribution in [0.15, 0.2) is 73.2 Å². The number of hydrogen-bond donors (Lipinski definition) is 5. The first-order valence-electron chi connectivity index (χ1n) is 14.0. The van der Waals surface area contributed by atoms with Crippen LogP contribution in [0.2, 0.25) is 0 Å². The number of ether oxygens (including phenoxy) is 2. The number of carbonyl (C=O) groups is 5. The lowest BCUT2D eigenvalue weighted by molar-refractivity contribution is -0.144. The summed E-state index contributed by atoms with van der Waals surface area (Å²) in [7, 11) is 0. The van der Waals surface area contributed by atoms with Crippen LogP contribution >= 0.6 is 0 Å². The monoisotopic (exact) mass is 608 g/mol. The molecular formula is C30H36N6O8. The van der Waals surface area contributed by atoms with Crippen molar-refractivity contribution < 1.29 is 38.6 Å². The summed E-state index contributed by atoms with van der Waals surface area (Å²) in [5, 5.41) is 14.5. The molecule has 1 heterocycles. The number of aromatic nitrogens is 2. The number of carboxylic acid groups (broad SMARTS) is 1. The lowest BCUT2D eigenvalue weighted by Crippen LogP contribution is -2.56. The molecule has 0 saturated heterocycles. The summed E-state index contributed by atoms with van der Waals surface area (Å²) in [5.41, 5.74) is 7.39. The summed E-state index contributed by atoms with van der Waals surface area (Å²) in [6, 6.07) is 15.0. The number of rotatable bonds is 16. The molecule has 0 aliphatic rings. The number of imide groups is 1. The smallest absolute Gasteiger partial charge is 0.417 e. The Morgan fingerprint density at radius 1 is 0.886 bits per heavy atom. The number of nitrogens with two attached hydrogens (primary N) is 1. The van der Waals surface area contributed by atoms with Gasteiger partial charge in [0.05, 0.1) is 6.33 Å². The molecule has 234 valence electrons. The van der Waals surface area contributed by atoms with Crippen molar-refractivity contribution in [2.45, 2.75) is 51.0 Å². The number of nitrogens with one attached hydrogen (secondary N) is 3. The molecule has 6 N–H and O–H groups in total. The van der Waals surface area contributed by atoms with Gasteiger partial charge >= 0.3 is 18.2 Å². The first kappa shape index (κ1) is 33.3. The van der Waals surface area contributed by atoms with Crippen LogP contribution in [0.3, 0.4) is 0 Å². The van der Waals surface area contributed by atoms with Crippen molar-refractivity contribution in [2.24, 2.45) is 5.73 Å². The van der Waals surface area contributed by atoms with Gasteiger partial charge in [-0.25, -0.2) is 19.5 Å². The molecule has 0 fully saturated rings. The molecule has 14 nitrogen and oxygen atoms in total. The van der Waals surface area contributed by atoms with Crippen LogP contribution in [0.5, 0.6) is 0 Å². The fourth-order valence-corrected chi connectivity index (χ4v) is 4.11. The van der Waals surface area contributed by atoms with Crippen LogP contribution in [0.1, 0.15) is 36.1 Å². The summed E-state index contributed by atoms with van der Waals surface area (Å²) in [5.74, 6) is -3.24. The Morgan fingerprint density at radius 2 is 1.52 bits per heavy atom. The van der Waals surface area contributed by atoms with Gasteiger partial charge in [-0.1, -0.05) is 60.7 Å². The molecule has 2 aromatic carbocycles. The lowest BCUT2D eigenvalue weighted by atomic mass is 10.1.